The van der Waals surface area contributed by atoms with Crippen molar-refractivity contribution in [2.75, 3.05) is 13.1 Å². The van der Waals surface area contributed by atoms with E-state index in [4.69, 9.17) is 0 Å². The number of carbonyl (C=O) groups excluding carboxylic acids is 1. The minimum Gasteiger partial charge on any atom is -0.346 e. The normalized spacial score (nSPS) is 20.7. The number of likely N-dealkylation sites (tertiary alicyclic amines) is 1. The van der Waals surface area contributed by atoms with Gasteiger partial charge in [0, 0.05) is 18.7 Å². The van der Waals surface area contributed by atoms with E-state index in [1.165, 1.54) is 73.9 Å². The first-order valence-corrected chi connectivity index (χ1v) is 11.3. The van der Waals surface area contributed by atoms with E-state index in [0.717, 1.165) is 18.0 Å². The third kappa shape index (κ3) is 5.08. The largest absolute Gasteiger partial charge is 0.346 e. The molecule has 2 aromatic carbocycles. The molecule has 0 saturated carbocycles. The van der Waals surface area contributed by atoms with E-state index in [9.17, 15) is 4.79 Å². The number of rotatable bonds is 5. The fraction of sp³-hybridized carbons (Fsp3) is 0.500. The highest BCUT2D eigenvalue weighted by Gasteiger charge is 2.17. The Kier molecular flexibility index (Phi) is 6.34. The van der Waals surface area contributed by atoms with Gasteiger partial charge in [-0.1, -0.05) is 37.3 Å². The molecule has 1 heterocycles. The highest BCUT2D eigenvalue weighted by Crippen LogP contribution is 2.25. The lowest BCUT2D eigenvalue weighted by Crippen LogP contribution is -2.33. The summed E-state index contributed by atoms with van der Waals surface area (Å²) >= 11 is 0. The summed E-state index contributed by atoms with van der Waals surface area (Å²) < 4.78 is 0. The standard InChI is InChI=1S/C26H34N2O/c1-19-6-5-15-28(17-19)18-21-9-11-23(12-10-21)26(29)27-20(2)24-14-13-22-7-3-4-8-25(22)16-24/h9-14,16,19-20H,3-8,15,17-18H2,1-2H3,(H,27,29)/t19-,20-/m1/s1. The molecular formula is C26H34N2O. The molecule has 3 nitrogen and oxygen atoms in total. The maximum absolute atomic E-state index is 12.7. The van der Waals surface area contributed by atoms with E-state index in [2.05, 4.69) is 54.4 Å². The highest BCUT2D eigenvalue weighted by atomic mass is 16.1. The molecule has 0 aromatic heterocycles. The van der Waals surface area contributed by atoms with Crippen molar-refractivity contribution in [1.82, 2.24) is 10.2 Å². The maximum atomic E-state index is 12.7. The van der Waals surface area contributed by atoms with Crippen LogP contribution in [-0.2, 0) is 19.4 Å². The predicted molar refractivity (Wildman–Crippen MR) is 119 cm³/mol. The number of amides is 1. The van der Waals surface area contributed by atoms with Gasteiger partial charge in [0.2, 0.25) is 0 Å². The second kappa shape index (κ2) is 9.13. The van der Waals surface area contributed by atoms with Crippen LogP contribution in [0, 0.1) is 5.92 Å². The van der Waals surface area contributed by atoms with E-state index in [-0.39, 0.29) is 11.9 Å². The van der Waals surface area contributed by atoms with E-state index in [1.54, 1.807) is 0 Å². The number of piperidine rings is 1. The lowest BCUT2D eigenvalue weighted by atomic mass is 9.89. The van der Waals surface area contributed by atoms with Crippen LogP contribution >= 0.6 is 0 Å². The molecule has 4 rings (SSSR count). The van der Waals surface area contributed by atoms with Gasteiger partial charge in [0.1, 0.15) is 0 Å². The zero-order valence-electron chi connectivity index (χ0n) is 17.9. The molecule has 1 N–H and O–H groups in total. The monoisotopic (exact) mass is 390 g/mol. The number of nitrogens with one attached hydrogen (secondary N) is 1. The Morgan fingerprint density at radius 3 is 2.59 bits per heavy atom. The van der Waals surface area contributed by atoms with Gasteiger partial charge in [0.25, 0.3) is 5.91 Å². The van der Waals surface area contributed by atoms with E-state index < -0.39 is 0 Å². The fourth-order valence-electron chi connectivity index (χ4n) is 4.84. The van der Waals surface area contributed by atoms with Crippen LogP contribution in [-0.4, -0.2) is 23.9 Å². The first-order chi connectivity index (χ1) is 14.1. The predicted octanol–water partition coefficient (Wildman–Crippen LogP) is 5.29. The average molecular weight is 391 g/mol. The molecule has 1 aliphatic heterocycles. The van der Waals surface area contributed by atoms with E-state index in [0.29, 0.717) is 0 Å². The molecule has 29 heavy (non-hydrogen) atoms. The number of hydrogen-bond acceptors (Lipinski definition) is 2. The zero-order chi connectivity index (χ0) is 20.2. The molecule has 0 bridgehead atoms. The van der Waals surface area contributed by atoms with Crippen LogP contribution in [0.3, 0.4) is 0 Å². The van der Waals surface area contributed by atoms with Gasteiger partial charge >= 0.3 is 0 Å². The summed E-state index contributed by atoms with van der Waals surface area (Å²) in [4.78, 5) is 15.3. The van der Waals surface area contributed by atoms with Gasteiger partial charge in [-0.2, -0.15) is 0 Å². The Hall–Kier alpha value is -2.13. The van der Waals surface area contributed by atoms with Gasteiger partial charge in [0.05, 0.1) is 6.04 Å². The molecule has 2 atom stereocenters. The minimum absolute atomic E-state index is 0.00775. The molecule has 1 fully saturated rings. The minimum atomic E-state index is 0.00775. The van der Waals surface area contributed by atoms with Crippen molar-refractivity contribution in [3.63, 3.8) is 0 Å². The number of aryl methyl sites for hydroxylation is 2. The third-order valence-electron chi connectivity index (χ3n) is 6.58. The lowest BCUT2D eigenvalue weighted by Gasteiger charge is -2.30. The Balaban J connectivity index is 1.35. The number of carbonyl (C=O) groups is 1. The van der Waals surface area contributed by atoms with Crippen molar-refractivity contribution in [3.05, 3.63) is 70.3 Å². The number of hydrogen-bond donors (Lipinski definition) is 1. The second-order valence-electron chi connectivity index (χ2n) is 9.11. The first-order valence-electron chi connectivity index (χ1n) is 11.3. The molecule has 1 aliphatic carbocycles. The second-order valence-corrected chi connectivity index (χ2v) is 9.11. The summed E-state index contributed by atoms with van der Waals surface area (Å²) in [5, 5.41) is 3.18. The Morgan fingerprint density at radius 2 is 1.83 bits per heavy atom. The van der Waals surface area contributed by atoms with E-state index in [1.807, 2.05) is 12.1 Å². The summed E-state index contributed by atoms with van der Waals surface area (Å²) in [7, 11) is 0. The maximum Gasteiger partial charge on any atom is 0.251 e. The first kappa shape index (κ1) is 20.2. The number of nitrogens with zero attached hydrogens (tertiary/aromatic N) is 1. The molecule has 2 aromatic rings. The molecule has 0 unspecified atom stereocenters. The summed E-state index contributed by atoms with van der Waals surface area (Å²) in [5.41, 5.74) is 6.18. The topological polar surface area (TPSA) is 32.3 Å². The lowest BCUT2D eigenvalue weighted by molar-refractivity contribution is 0.0940. The Bertz CT molecular complexity index is 842. The summed E-state index contributed by atoms with van der Waals surface area (Å²) in [5.74, 6) is 0.798. The van der Waals surface area contributed by atoms with Crippen LogP contribution in [0.2, 0.25) is 0 Å². The number of benzene rings is 2. The molecule has 2 aliphatic rings. The van der Waals surface area contributed by atoms with Crippen molar-refractivity contribution < 1.29 is 4.79 Å². The zero-order valence-corrected chi connectivity index (χ0v) is 17.9. The summed E-state index contributed by atoms with van der Waals surface area (Å²) in [6.45, 7) is 7.76. The molecule has 0 spiro atoms. The number of fused-ring (bicyclic) bond motifs is 1. The highest BCUT2D eigenvalue weighted by molar-refractivity contribution is 5.94. The molecule has 154 valence electrons. The molecule has 0 radical (unpaired) electrons. The third-order valence-corrected chi connectivity index (χ3v) is 6.58. The van der Waals surface area contributed by atoms with Gasteiger partial charge in [-0.05, 0) is 92.3 Å². The molecular weight excluding hydrogens is 356 g/mol. The van der Waals surface area contributed by atoms with Crippen LogP contribution in [0.25, 0.3) is 0 Å². The molecule has 1 amide bonds. The van der Waals surface area contributed by atoms with Crippen molar-refractivity contribution >= 4 is 5.91 Å². The van der Waals surface area contributed by atoms with E-state index >= 15 is 0 Å². The SMILES string of the molecule is C[C@@H]1CCCN(Cc2ccc(C(=O)N[C@H](C)c3ccc4c(c3)CCCC4)cc2)C1. The fourth-order valence-corrected chi connectivity index (χ4v) is 4.84. The van der Waals surface area contributed by atoms with Crippen molar-refractivity contribution in [2.45, 2.75) is 65.0 Å². The van der Waals surface area contributed by atoms with Gasteiger partial charge in [-0.3, -0.25) is 9.69 Å². The van der Waals surface area contributed by atoms with Crippen LogP contribution < -0.4 is 5.32 Å². The van der Waals surface area contributed by atoms with Gasteiger partial charge in [-0.25, -0.2) is 0 Å². The van der Waals surface area contributed by atoms with Gasteiger partial charge in [0.15, 0.2) is 0 Å². The van der Waals surface area contributed by atoms with Crippen LogP contribution in [0.15, 0.2) is 42.5 Å². The molecule has 1 saturated heterocycles. The summed E-state index contributed by atoms with van der Waals surface area (Å²) in [6, 6.07) is 14.9. The van der Waals surface area contributed by atoms with Crippen LogP contribution in [0.1, 0.15) is 78.2 Å². The van der Waals surface area contributed by atoms with Gasteiger partial charge in [-0.15, -0.1) is 0 Å². The quantitative estimate of drug-likeness (QED) is 0.752. The smallest absolute Gasteiger partial charge is 0.251 e. The Morgan fingerprint density at radius 1 is 1.07 bits per heavy atom. The van der Waals surface area contributed by atoms with Crippen LogP contribution in [0.5, 0.6) is 0 Å². The van der Waals surface area contributed by atoms with Crippen LogP contribution in [0.4, 0.5) is 0 Å². The van der Waals surface area contributed by atoms with Gasteiger partial charge < -0.3 is 5.32 Å². The summed E-state index contributed by atoms with van der Waals surface area (Å²) in [6.07, 6.45) is 7.58. The molecule has 3 heteroatoms. The Labute approximate surface area is 175 Å². The average Bonchev–Trinajstić information content (AvgIpc) is 2.74. The van der Waals surface area contributed by atoms with Crippen molar-refractivity contribution in [1.29, 1.82) is 0 Å². The van der Waals surface area contributed by atoms with Crippen molar-refractivity contribution in [2.24, 2.45) is 5.92 Å². The van der Waals surface area contributed by atoms with Crippen molar-refractivity contribution in [3.8, 4) is 0 Å².